The van der Waals surface area contributed by atoms with Crippen molar-refractivity contribution in [2.45, 2.75) is 19.1 Å². The van der Waals surface area contributed by atoms with Crippen LogP contribution in [-0.4, -0.2) is 17.0 Å². The Labute approximate surface area is 133 Å². The summed E-state index contributed by atoms with van der Waals surface area (Å²) in [6, 6.07) is 16.8. The zero-order chi connectivity index (χ0) is 16.2. The number of carboxylic acid groups (broad SMARTS) is 1. The lowest BCUT2D eigenvalue weighted by atomic mass is 9.95. The molecule has 3 rings (SSSR count). The predicted octanol–water partition coefficient (Wildman–Crippen LogP) is 2.95. The highest BCUT2D eigenvalue weighted by Crippen LogP contribution is 2.36. The highest BCUT2D eigenvalue weighted by Gasteiger charge is 2.40. The first-order valence-electron chi connectivity index (χ1n) is 7.32. The van der Waals surface area contributed by atoms with Crippen LogP contribution in [0.4, 0.5) is 0 Å². The predicted molar refractivity (Wildman–Crippen MR) is 81.8 cm³/mol. The second kappa shape index (κ2) is 6.52. The van der Waals surface area contributed by atoms with E-state index in [4.69, 9.17) is 9.47 Å². The molecule has 23 heavy (non-hydrogen) atoms. The maximum atomic E-state index is 11.4. The Hall–Kier alpha value is -2.82. The fourth-order valence-electron chi connectivity index (χ4n) is 2.60. The lowest BCUT2D eigenvalue weighted by Gasteiger charge is -2.15. The number of ether oxygens (including phenoxy) is 2. The van der Waals surface area contributed by atoms with Crippen LogP contribution in [0.3, 0.4) is 0 Å². The van der Waals surface area contributed by atoms with E-state index in [1.54, 1.807) is 24.3 Å². The van der Waals surface area contributed by atoms with Crippen molar-refractivity contribution in [3.63, 3.8) is 0 Å². The Bertz CT molecular complexity index is 710. The molecule has 0 bridgehead atoms. The molecular formula is C18H16O5. The third-order valence-electron chi connectivity index (χ3n) is 3.76. The monoisotopic (exact) mass is 312 g/mol. The molecule has 1 aliphatic heterocycles. The average molecular weight is 312 g/mol. The van der Waals surface area contributed by atoms with Gasteiger partial charge in [-0.25, -0.2) is 0 Å². The van der Waals surface area contributed by atoms with Crippen LogP contribution >= 0.6 is 0 Å². The molecule has 2 aromatic carbocycles. The number of esters is 1. The van der Waals surface area contributed by atoms with E-state index in [-0.39, 0.29) is 6.42 Å². The van der Waals surface area contributed by atoms with Gasteiger partial charge in [0.1, 0.15) is 24.4 Å². The van der Waals surface area contributed by atoms with Crippen molar-refractivity contribution in [1.29, 1.82) is 0 Å². The van der Waals surface area contributed by atoms with Crippen molar-refractivity contribution in [3.05, 3.63) is 65.7 Å². The van der Waals surface area contributed by atoms with Gasteiger partial charge >= 0.3 is 11.9 Å². The van der Waals surface area contributed by atoms with Crippen molar-refractivity contribution < 1.29 is 24.2 Å². The fraction of sp³-hybridized carbons (Fsp3) is 0.222. The minimum Gasteiger partial charge on any atom is -0.489 e. The van der Waals surface area contributed by atoms with E-state index in [1.807, 2.05) is 30.3 Å². The van der Waals surface area contributed by atoms with Crippen LogP contribution in [0.25, 0.3) is 0 Å². The topological polar surface area (TPSA) is 72.8 Å². The van der Waals surface area contributed by atoms with Crippen molar-refractivity contribution in [2.24, 2.45) is 5.92 Å². The average Bonchev–Trinajstić information content (AvgIpc) is 2.96. The summed E-state index contributed by atoms with van der Waals surface area (Å²) in [5.41, 5.74) is 1.67. The lowest BCUT2D eigenvalue weighted by molar-refractivity contribution is -0.144. The van der Waals surface area contributed by atoms with E-state index >= 15 is 0 Å². The highest BCUT2D eigenvalue weighted by molar-refractivity contribution is 5.82. The number of rotatable bonds is 5. The van der Waals surface area contributed by atoms with Crippen LogP contribution in [-0.2, 0) is 20.9 Å². The van der Waals surface area contributed by atoms with Gasteiger partial charge in [0, 0.05) is 0 Å². The Morgan fingerprint density at radius 1 is 1.17 bits per heavy atom. The fourth-order valence-corrected chi connectivity index (χ4v) is 2.60. The summed E-state index contributed by atoms with van der Waals surface area (Å²) in [5, 5.41) is 9.22. The van der Waals surface area contributed by atoms with Gasteiger partial charge in [-0.3, -0.25) is 9.59 Å². The zero-order valence-electron chi connectivity index (χ0n) is 12.3. The van der Waals surface area contributed by atoms with Crippen LogP contribution in [0.1, 0.15) is 23.7 Å². The number of carbonyl (C=O) groups is 2. The van der Waals surface area contributed by atoms with Gasteiger partial charge in [-0.15, -0.1) is 0 Å². The van der Waals surface area contributed by atoms with Gasteiger partial charge in [-0.1, -0.05) is 42.5 Å². The van der Waals surface area contributed by atoms with Crippen molar-refractivity contribution in [1.82, 2.24) is 0 Å². The second-order valence-corrected chi connectivity index (χ2v) is 5.41. The summed E-state index contributed by atoms with van der Waals surface area (Å²) in [6.45, 7) is 0.414. The largest absolute Gasteiger partial charge is 0.489 e. The third kappa shape index (κ3) is 3.51. The first-order valence-corrected chi connectivity index (χ1v) is 7.32. The zero-order valence-corrected chi connectivity index (χ0v) is 12.3. The quantitative estimate of drug-likeness (QED) is 0.859. The maximum Gasteiger partial charge on any atom is 0.311 e. The number of carboxylic acids is 1. The summed E-state index contributed by atoms with van der Waals surface area (Å²) in [6.07, 6.45) is -0.866. The normalized spacial score (nSPS) is 20.1. The number of cyclic esters (lactones) is 1. The molecule has 1 heterocycles. The van der Waals surface area contributed by atoms with E-state index in [0.29, 0.717) is 17.9 Å². The van der Waals surface area contributed by atoms with Crippen molar-refractivity contribution in [2.75, 3.05) is 0 Å². The Kier molecular flexibility index (Phi) is 4.28. The molecule has 0 spiro atoms. The van der Waals surface area contributed by atoms with Gasteiger partial charge in [-0.2, -0.15) is 0 Å². The molecule has 5 heteroatoms. The number of carbonyl (C=O) groups excluding carboxylic acids is 1. The number of benzene rings is 2. The van der Waals surface area contributed by atoms with Crippen molar-refractivity contribution in [3.8, 4) is 5.75 Å². The van der Waals surface area contributed by atoms with Crippen molar-refractivity contribution >= 4 is 11.9 Å². The minimum atomic E-state index is -1.03. The second-order valence-electron chi connectivity index (χ2n) is 5.41. The standard InChI is InChI=1S/C18H16O5/c19-16-10-15(18(20)21)17(23-16)13-7-4-8-14(9-13)22-11-12-5-2-1-3-6-12/h1-9,15,17H,10-11H2,(H,20,21)/t15-,17-/m0/s1. The molecule has 0 saturated carbocycles. The molecular weight excluding hydrogens is 296 g/mol. The lowest BCUT2D eigenvalue weighted by Crippen LogP contribution is -2.17. The summed E-state index contributed by atoms with van der Waals surface area (Å²) in [7, 11) is 0. The van der Waals surface area contributed by atoms with Crippen LogP contribution in [0.15, 0.2) is 54.6 Å². The highest BCUT2D eigenvalue weighted by atomic mass is 16.6. The van der Waals surface area contributed by atoms with Crippen LogP contribution < -0.4 is 4.74 Å². The van der Waals surface area contributed by atoms with Gasteiger partial charge in [0.05, 0.1) is 6.42 Å². The molecule has 118 valence electrons. The summed E-state index contributed by atoms with van der Waals surface area (Å²) in [5.74, 6) is -1.76. The molecule has 0 unspecified atom stereocenters. The summed E-state index contributed by atoms with van der Waals surface area (Å²) >= 11 is 0. The van der Waals surface area contributed by atoms with E-state index < -0.39 is 24.0 Å². The molecule has 0 amide bonds. The maximum absolute atomic E-state index is 11.4. The molecule has 2 aromatic rings. The summed E-state index contributed by atoms with van der Waals surface area (Å²) in [4.78, 5) is 22.7. The van der Waals surface area contributed by atoms with Crippen LogP contribution in [0, 0.1) is 5.92 Å². The number of hydrogen-bond donors (Lipinski definition) is 1. The Balaban J connectivity index is 1.74. The SMILES string of the molecule is O=C1C[C@H](C(=O)O)[C@H](c2cccc(OCc3ccccc3)c2)O1. The van der Waals surface area contributed by atoms with Gasteiger partial charge < -0.3 is 14.6 Å². The van der Waals surface area contributed by atoms with E-state index in [9.17, 15) is 14.7 Å². The Morgan fingerprint density at radius 2 is 1.96 bits per heavy atom. The van der Waals surface area contributed by atoms with E-state index in [1.165, 1.54) is 0 Å². The smallest absolute Gasteiger partial charge is 0.311 e. The summed E-state index contributed by atoms with van der Waals surface area (Å²) < 4.78 is 10.9. The first kappa shape index (κ1) is 15.1. The first-order chi connectivity index (χ1) is 11.1. The molecule has 0 aromatic heterocycles. The van der Waals surface area contributed by atoms with Crippen LogP contribution in [0.5, 0.6) is 5.75 Å². The molecule has 0 radical (unpaired) electrons. The molecule has 5 nitrogen and oxygen atoms in total. The van der Waals surface area contributed by atoms with E-state index in [0.717, 1.165) is 5.56 Å². The molecule has 0 aliphatic carbocycles. The molecule has 1 fully saturated rings. The molecule has 1 aliphatic rings. The van der Waals surface area contributed by atoms with Gasteiger partial charge in [0.2, 0.25) is 0 Å². The third-order valence-corrected chi connectivity index (χ3v) is 3.76. The molecule has 2 atom stereocenters. The number of hydrogen-bond acceptors (Lipinski definition) is 4. The van der Waals surface area contributed by atoms with Gasteiger partial charge in [-0.05, 0) is 23.3 Å². The van der Waals surface area contributed by atoms with Gasteiger partial charge in [0.15, 0.2) is 0 Å². The molecule has 1 N–H and O–H groups in total. The molecule has 1 saturated heterocycles. The van der Waals surface area contributed by atoms with Crippen LogP contribution in [0.2, 0.25) is 0 Å². The Morgan fingerprint density at radius 3 is 2.70 bits per heavy atom. The van der Waals surface area contributed by atoms with Gasteiger partial charge in [0.25, 0.3) is 0 Å². The number of aliphatic carboxylic acids is 1. The van der Waals surface area contributed by atoms with E-state index in [2.05, 4.69) is 0 Å². The minimum absolute atomic E-state index is 0.102.